The van der Waals surface area contributed by atoms with Gasteiger partial charge in [0.2, 0.25) is 5.91 Å². The van der Waals surface area contributed by atoms with Crippen molar-refractivity contribution in [3.05, 3.63) is 65.7 Å². The minimum absolute atomic E-state index is 0.199. The van der Waals surface area contributed by atoms with Crippen molar-refractivity contribution in [2.45, 2.75) is 12.8 Å². The number of amides is 1. The quantitative estimate of drug-likeness (QED) is 0.628. The lowest BCUT2D eigenvalue weighted by atomic mass is 9.97. The summed E-state index contributed by atoms with van der Waals surface area (Å²) < 4.78 is 0. The summed E-state index contributed by atoms with van der Waals surface area (Å²) >= 11 is 6.17. The normalized spacial score (nSPS) is 14.7. The number of hydrogen-bond donors (Lipinski definition) is 0. The Balaban J connectivity index is 2.02. The molecule has 1 aliphatic heterocycles. The molecule has 4 rings (SSSR count). The molecule has 0 saturated carbocycles. The molecule has 3 heteroatoms. The van der Waals surface area contributed by atoms with Crippen LogP contribution in [-0.4, -0.2) is 12.5 Å². The van der Waals surface area contributed by atoms with Crippen LogP contribution in [0.1, 0.15) is 12.8 Å². The maximum absolute atomic E-state index is 12.4. The molecule has 1 heterocycles. The molecule has 0 spiro atoms. The lowest BCUT2D eigenvalue weighted by molar-refractivity contribution is -0.117. The molecule has 3 aromatic rings. The van der Waals surface area contributed by atoms with Gasteiger partial charge in [-0.25, -0.2) is 0 Å². The van der Waals surface area contributed by atoms with E-state index in [1.54, 1.807) is 0 Å². The van der Waals surface area contributed by atoms with Crippen LogP contribution in [0.3, 0.4) is 0 Å². The minimum atomic E-state index is 0.199. The molecular formula is C20H16ClNO. The van der Waals surface area contributed by atoms with Gasteiger partial charge in [-0.1, -0.05) is 60.1 Å². The van der Waals surface area contributed by atoms with Crippen LogP contribution in [0.4, 0.5) is 5.69 Å². The van der Waals surface area contributed by atoms with Gasteiger partial charge in [0.1, 0.15) is 0 Å². The number of halogens is 1. The molecule has 0 aromatic heterocycles. The number of carbonyl (C=O) groups excluding carboxylic acids is 1. The van der Waals surface area contributed by atoms with Gasteiger partial charge in [0.15, 0.2) is 0 Å². The Morgan fingerprint density at radius 3 is 2.61 bits per heavy atom. The van der Waals surface area contributed by atoms with Gasteiger partial charge >= 0.3 is 0 Å². The van der Waals surface area contributed by atoms with Gasteiger partial charge in [-0.3, -0.25) is 4.79 Å². The second-order valence-corrected chi connectivity index (χ2v) is 6.28. The topological polar surface area (TPSA) is 20.3 Å². The van der Waals surface area contributed by atoms with E-state index in [0.29, 0.717) is 11.4 Å². The predicted molar refractivity (Wildman–Crippen MR) is 96.0 cm³/mol. The SMILES string of the molecule is O=C1CCCN1c1c(-c2cccc(Cl)c2)ccc2ccccc12. The van der Waals surface area contributed by atoms with Crippen molar-refractivity contribution in [3.8, 4) is 11.1 Å². The summed E-state index contributed by atoms with van der Waals surface area (Å²) in [6.45, 7) is 0.778. The van der Waals surface area contributed by atoms with Crippen LogP contribution in [0.2, 0.25) is 5.02 Å². The Labute approximate surface area is 140 Å². The van der Waals surface area contributed by atoms with Gasteiger partial charge in [0.05, 0.1) is 5.69 Å². The Morgan fingerprint density at radius 2 is 1.83 bits per heavy atom. The Hall–Kier alpha value is -2.32. The molecule has 23 heavy (non-hydrogen) atoms. The standard InChI is InChI=1S/C20H16ClNO/c21-16-7-3-6-15(13-16)18-11-10-14-5-1-2-8-17(14)20(18)22-12-4-9-19(22)23/h1-3,5-8,10-11,13H,4,9,12H2. The monoisotopic (exact) mass is 321 g/mol. The summed E-state index contributed by atoms with van der Waals surface area (Å²) in [4.78, 5) is 14.3. The Morgan fingerprint density at radius 1 is 0.957 bits per heavy atom. The first-order chi connectivity index (χ1) is 11.2. The van der Waals surface area contributed by atoms with Crippen LogP contribution in [0, 0.1) is 0 Å². The fraction of sp³-hybridized carbons (Fsp3) is 0.150. The fourth-order valence-corrected chi connectivity index (χ4v) is 3.51. The molecule has 1 fully saturated rings. The van der Waals surface area contributed by atoms with Crippen molar-refractivity contribution < 1.29 is 4.79 Å². The molecule has 0 radical (unpaired) electrons. The van der Waals surface area contributed by atoms with Gasteiger partial charge < -0.3 is 4.90 Å². The summed E-state index contributed by atoms with van der Waals surface area (Å²) in [6, 6.07) is 20.2. The van der Waals surface area contributed by atoms with Crippen LogP contribution >= 0.6 is 11.6 Å². The molecular weight excluding hydrogens is 306 g/mol. The number of hydrogen-bond acceptors (Lipinski definition) is 1. The summed E-state index contributed by atoms with van der Waals surface area (Å²) in [5.74, 6) is 0.199. The highest BCUT2D eigenvalue weighted by Crippen LogP contribution is 2.39. The molecule has 0 N–H and O–H groups in total. The first kappa shape index (κ1) is 14.3. The van der Waals surface area contributed by atoms with Crippen molar-refractivity contribution in [2.24, 2.45) is 0 Å². The van der Waals surface area contributed by atoms with Crippen LogP contribution < -0.4 is 4.90 Å². The Bertz CT molecular complexity index is 903. The highest BCUT2D eigenvalue weighted by Gasteiger charge is 2.26. The largest absolute Gasteiger partial charge is 0.311 e. The smallest absolute Gasteiger partial charge is 0.227 e. The van der Waals surface area contributed by atoms with Crippen molar-refractivity contribution in [1.29, 1.82) is 0 Å². The third kappa shape index (κ3) is 2.49. The van der Waals surface area contributed by atoms with Crippen LogP contribution in [0.15, 0.2) is 60.7 Å². The van der Waals surface area contributed by atoms with E-state index in [0.717, 1.165) is 40.6 Å². The number of nitrogens with zero attached hydrogens (tertiary/aromatic N) is 1. The lowest BCUT2D eigenvalue weighted by Crippen LogP contribution is -2.24. The number of rotatable bonds is 2. The van der Waals surface area contributed by atoms with E-state index in [1.165, 1.54) is 0 Å². The van der Waals surface area contributed by atoms with E-state index in [4.69, 9.17) is 11.6 Å². The van der Waals surface area contributed by atoms with Crippen LogP contribution in [0.25, 0.3) is 21.9 Å². The van der Waals surface area contributed by atoms with E-state index in [9.17, 15) is 4.79 Å². The van der Waals surface area contributed by atoms with Gasteiger partial charge in [0.25, 0.3) is 0 Å². The number of carbonyl (C=O) groups is 1. The zero-order valence-electron chi connectivity index (χ0n) is 12.6. The van der Waals surface area contributed by atoms with Crippen LogP contribution in [-0.2, 0) is 4.79 Å². The molecule has 2 nitrogen and oxygen atoms in total. The van der Waals surface area contributed by atoms with E-state index >= 15 is 0 Å². The van der Waals surface area contributed by atoms with Gasteiger partial charge in [0, 0.05) is 28.9 Å². The average Bonchev–Trinajstić information content (AvgIpc) is 2.99. The fourth-order valence-electron chi connectivity index (χ4n) is 3.32. The summed E-state index contributed by atoms with van der Waals surface area (Å²) in [7, 11) is 0. The van der Waals surface area contributed by atoms with Gasteiger partial charge in [-0.15, -0.1) is 0 Å². The number of anilines is 1. The zero-order valence-corrected chi connectivity index (χ0v) is 13.4. The van der Waals surface area contributed by atoms with E-state index in [-0.39, 0.29) is 5.91 Å². The van der Waals surface area contributed by atoms with Crippen LogP contribution in [0.5, 0.6) is 0 Å². The average molecular weight is 322 g/mol. The second kappa shape index (κ2) is 5.71. The Kier molecular flexibility index (Phi) is 3.55. The predicted octanol–water partition coefficient (Wildman–Crippen LogP) is 5.29. The molecule has 0 atom stereocenters. The maximum Gasteiger partial charge on any atom is 0.227 e. The van der Waals surface area contributed by atoms with E-state index in [1.807, 2.05) is 41.3 Å². The highest BCUT2D eigenvalue weighted by atomic mass is 35.5. The first-order valence-corrected chi connectivity index (χ1v) is 8.20. The summed E-state index contributed by atoms with van der Waals surface area (Å²) in [5.41, 5.74) is 3.10. The number of fused-ring (bicyclic) bond motifs is 1. The van der Waals surface area contributed by atoms with Crippen molar-refractivity contribution in [3.63, 3.8) is 0 Å². The second-order valence-electron chi connectivity index (χ2n) is 5.84. The van der Waals surface area contributed by atoms with Crippen molar-refractivity contribution >= 4 is 34.0 Å². The molecule has 0 bridgehead atoms. The minimum Gasteiger partial charge on any atom is -0.311 e. The van der Waals surface area contributed by atoms with E-state index in [2.05, 4.69) is 24.3 Å². The summed E-state index contributed by atoms with van der Waals surface area (Å²) in [6.07, 6.45) is 1.54. The highest BCUT2D eigenvalue weighted by molar-refractivity contribution is 6.31. The molecule has 3 aromatic carbocycles. The molecule has 0 aliphatic carbocycles. The van der Waals surface area contributed by atoms with Crippen molar-refractivity contribution in [2.75, 3.05) is 11.4 Å². The van der Waals surface area contributed by atoms with E-state index < -0.39 is 0 Å². The van der Waals surface area contributed by atoms with Gasteiger partial charge in [-0.05, 0) is 29.5 Å². The molecule has 114 valence electrons. The molecule has 1 aliphatic rings. The van der Waals surface area contributed by atoms with Gasteiger partial charge in [-0.2, -0.15) is 0 Å². The zero-order chi connectivity index (χ0) is 15.8. The first-order valence-electron chi connectivity index (χ1n) is 7.82. The lowest BCUT2D eigenvalue weighted by Gasteiger charge is -2.22. The third-order valence-electron chi connectivity index (χ3n) is 4.38. The third-order valence-corrected chi connectivity index (χ3v) is 4.61. The summed E-state index contributed by atoms with van der Waals surface area (Å²) in [5, 5.41) is 2.96. The molecule has 1 amide bonds. The maximum atomic E-state index is 12.4. The molecule has 1 saturated heterocycles. The number of benzene rings is 3. The van der Waals surface area contributed by atoms with Crippen molar-refractivity contribution in [1.82, 2.24) is 0 Å². The molecule has 0 unspecified atom stereocenters.